The zero-order valence-corrected chi connectivity index (χ0v) is 10.5. The van der Waals surface area contributed by atoms with Crippen LogP contribution in [0.15, 0.2) is 6.20 Å². The number of nitrogens with one attached hydrogen (secondary N) is 1. The lowest BCUT2D eigenvalue weighted by Gasteiger charge is -2.38. The first kappa shape index (κ1) is 13.5. The van der Waals surface area contributed by atoms with Crippen LogP contribution in [0.4, 0.5) is 0 Å². The minimum atomic E-state index is -0.989. The van der Waals surface area contributed by atoms with Gasteiger partial charge >= 0.3 is 5.97 Å². The standard InChI is InChI=1S/C11H17N5O3/c12-7-11(2-1-3-11)10(19)13-4-8-5-16(15-14-8)6-9(17)18/h5H,1-4,6-7,12H2,(H,13,19)(H,17,18). The molecule has 1 aliphatic rings. The molecule has 1 amide bonds. The first-order valence-corrected chi connectivity index (χ1v) is 6.15. The number of nitrogens with zero attached hydrogens (tertiary/aromatic N) is 3. The van der Waals surface area contributed by atoms with E-state index < -0.39 is 11.4 Å². The quantitative estimate of drug-likeness (QED) is 0.614. The van der Waals surface area contributed by atoms with E-state index in [1.54, 1.807) is 0 Å². The van der Waals surface area contributed by atoms with Gasteiger partial charge in [0.05, 0.1) is 18.2 Å². The number of aromatic nitrogens is 3. The van der Waals surface area contributed by atoms with E-state index in [0.29, 0.717) is 12.2 Å². The molecule has 1 saturated carbocycles. The van der Waals surface area contributed by atoms with Crippen LogP contribution >= 0.6 is 0 Å². The lowest BCUT2D eigenvalue weighted by Crippen LogP contribution is -2.50. The van der Waals surface area contributed by atoms with Gasteiger partial charge in [-0.3, -0.25) is 9.59 Å². The number of carboxylic acids is 1. The molecule has 0 saturated heterocycles. The van der Waals surface area contributed by atoms with Crippen molar-refractivity contribution in [2.75, 3.05) is 6.54 Å². The molecule has 1 fully saturated rings. The highest BCUT2D eigenvalue weighted by Crippen LogP contribution is 2.39. The van der Waals surface area contributed by atoms with Gasteiger partial charge < -0.3 is 16.2 Å². The third-order valence-electron chi connectivity index (χ3n) is 3.50. The van der Waals surface area contributed by atoms with Crippen LogP contribution in [0.3, 0.4) is 0 Å². The largest absolute Gasteiger partial charge is 0.480 e. The topological polar surface area (TPSA) is 123 Å². The number of rotatable bonds is 6. The van der Waals surface area contributed by atoms with Crippen molar-refractivity contribution in [2.24, 2.45) is 11.1 Å². The van der Waals surface area contributed by atoms with E-state index in [4.69, 9.17) is 10.8 Å². The minimum absolute atomic E-state index is 0.0611. The highest BCUT2D eigenvalue weighted by Gasteiger charge is 2.42. The van der Waals surface area contributed by atoms with Crippen molar-refractivity contribution in [3.63, 3.8) is 0 Å². The van der Waals surface area contributed by atoms with Crippen molar-refractivity contribution in [2.45, 2.75) is 32.4 Å². The second-order valence-electron chi connectivity index (χ2n) is 4.82. The number of carboxylic acid groups (broad SMARTS) is 1. The molecule has 0 aromatic carbocycles. The summed E-state index contributed by atoms with van der Waals surface area (Å²) in [5.41, 5.74) is 5.75. The van der Waals surface area contributed by atoms with Crippen LogP contribution in [0, 0.1) is 5.41 Å². The molecule has 0 atom stereocenters. The summed E-state index contributed by atoms with van der Waals surface area (Å²) in [5, 5.41) is 18.8. The zero-order valence-electron chi connectivity index (χ0n) is 10.5. The molecule has 0 spiro atoms. The molecule has 1 heterocycles. The summed E-state index contributed by atoms with van der Waals surface area (Å²) in [5.74, 6) is -1.05. The van der Waals surface area contributed by atoms with E-state index in [0.717, 1.165) is 19.3 Å². The number of carbonyl (C=O) groups excluding carboxylic acids is 1. The summed E-state index contributed by atoms with van der Waals surface area (Å²) < 4.78 is 1.21. The van der Waals surface area contributed by atoms with Crippen LogP contribution in [-0.2, 0) is 22.7 Å². The van der Waals surface area contributed by atoms with Gasteiger partial charge in [-0.25, -0.2) is 4.68 Å². The molecular formula is C11H17N5O3. The van der Waals surface area contributed by atoms with Crippen LogP contribution in [0.2, 0.25) is 0 Å². The van der Waals surface area contributed by atoms with E-state index >= 15 is 0 Å². The monoisotopic (exact) mass is 267 g/mol. The molecule has 0 bridgehead atoms. The lowest BCUT2D eigenvalue weighted by molar-refractivity contribution is -0.138. The van der Waals surface area contributed by atoms with Gasteiger partial charge in [0.1, 0.15) is 12.2 Å². The summed E-state index contributed by atoms with van der Waals surface area (Å²) in [6.07, 6.45) is 4.17. The first-order valence-electron chi connectivity index (χ1n) is 6.15. The van der Waals surface area contributed by atoms with E-state index in [2.05, 4.69) is 15.6 Å². The SMILES string of the molecule is NCC1(C(=O)NCc2cn(CC(=O)O)nn2)CCC1. The maximum atomic E-state index is 12.0. The second-order valence-corrected chi connectivity index (χ2v) is 4.82. The van der Waals surface area contributed by atoms with Crippen molar-refractivity contribution in [1.29, 1.82) is 0 Å². The predicted molar refractivity (Wildman–Crippen MR) is 64.8 cm³/mol. The van der Waals surface area contributed by atoms with E-state index in [9.17, 15) is 9.59 Å². The summed E-state index contributed by atoms with van der Waals surface area (Å²) in [6, 6.07) is 0. The van der Waals surface area contributed by atoms with Crippen molar-refractivity contribution in [1.82, 2.24) is 20.3 Å². The van der Waals surface area contributed by atoms with Gasteiger partial charge in [0, 0.05) is 6.54 Å². The molecule has 104 valence electrons. The van der Waals surface area contributed by atoms with Gasteiger partial charge in [-0.05, 0) is 12.8 Å². The van der Waals surface area contributed by atoms with Crippen LogP contribution < -0.4 is 11.1 Å². The fraction of sp³-hybridized carbons (Fsp3) is 0.636. The van der Waals surface area contributed by atoms with Crippen molar-refractivity contribution < 1.29 is 14.7 Å². The Morgan fingerprint density at radius 3 is 2.79 bits per heavy atom. The van der Waals surface area contributed by atoms with Crippen molar-refractivity contribution in [3.8, 4) is 0 Å². The lowest BCUT2D eigenvalue weighted by atomic mass is 9.68. The number of carbonyl (C=O) groups is 2. The molecular weight excluding hydrogens is 250 g/mol. The Morgan fingerprint density at radius 2 is 2.26 bits per heavy atom. The fourth-order valence-electron chi connectivity index (χ4n) is 2.12. The number of amides is 1. The number of nitrogens with two attached hydrogens (primary N) is 1. The molecule has 1 aromatic heterocycles. The third kappa shape index (κ3) is 2.90. The normalized spacial score (nSPS) is 16.7. The fourth-order valence-corrected chi connectivity index (χ4v) is 2.12. The van der Waals surface area contributed by atoms with E-state index in [-0.39, 0.29) is 19.0 Å². The average molecular weight is 267 g/mol. The highest BCUT2D eigenvalue weighted by atomic mass is 16.4. The molecule has 1 aromatic rings. The van der Waals surface area contributed by atoms with Gasteiger partial charge in [0.25, 0.3) is 0 Å². The average Bonchev–Trinajstić information content (AvgIpc) is 2.72. The van der Waals surface area contributed by atoms with Gasteiger partial charge in [0.2, 0.25) is 5.91 Å². The van der Waals surface area contributed by atoms with Crippen LogP contribution in [0.5, 0.6) is 0 Å². The Hall–Kier alpha value is -1.96. The Labute approximate surface area is 110 Å². The zero-order chi connectivity index (χ0) is 13.9. The van der Waals surface area contributed by atoms with Gasteiger partial charge in [-0.2, -0.15) is 0 Å². The molecule has 19 heavy (non-hydrogen) atoms. The third-order valence-corrected chi connectivity index (χ3v) is 3.50. The molecule has 0 unspecified atom stereocenters. The maximum absolute atomic E-state index is 12.0. The minimum Gasteiger partial charge on any atom is -0.480 e. The number of aliphatic carboxylic acids is 1. The highest BCUT2D eigenvalue weighted by molar-refractivity contribution is 5.83. The van der Waals surface area contributed by atoms with E-state index in [1.807, 2.05) is 0 Å². The van der Waals surface area contributed by atoms with E-state index in [1.165, 1.54) is 10.9 Å². The first-order chi connectivity index (χ1) is 9.05. The summed E-state index contributed by atoms with van der Waals surface area (Å²) in [4.78, 5) is 22.5. The van der Waals surface area contributed by atoms with Crippen molar-refractivity contribution in [3.05, 3.63) is 11.9 Å². The summed E-state index contributed by atoms with van der Waals surface area (Å²) in [6.45, 7) is 0.346. The van der Waals surface area contributed by atoms with Crippen LogP contribution in [0.25, 0.3) is 0 Å². The van der Waals surface area contributed by atoms with Gasteiger partial charge in [-0.15, -0.1) is 5.10 Å². The Balaban J connectivity index is 1.86. The Morgan fingerprint density at radius 1 is 1.53 bits per heavy atom. The molecule has 1 aliphatic carbocycles. The molecule has 0 aliphatic heterocycles. The predicted octanol–water partition coefficient (Wildman–Crippen LogP) is -0.892. The number of hydrogen-bond donors (Lipinski definition) is 3. The Kier molecular flexibility index (Phi) is 3.79. The van der Waals surface area contributed by atoms with Crippen LogP contribution in [0.1, 0.15) is 25.0 Å². The second kappa shape index (κ2) is 5.35. The summed E-state index contributed by atoms with van der Waals surface area (Å²) >= 11 is 0. The van der Waals surface area contributed by atoms with Gasteiger partial charge in [0.15, 0.2) is 0 Å². The van der Waals surface area contributed by atoms with Gasteiger partial charge in [-0.1, -0.05) is 11.6 Å². The van der Waals surface area contributed by atoms with Crippen molar-refractivity contribution >= 4 is 11.9 Å². The molecule has 4 N–H and O–H groups in total. The number of hydrogen-bond acceptors (Lipinski definition) is 5. The molecule has 2 rings (SSSR count). The maximum Gasteiger partial charge on any atom is 0.325 e. The Bertz CT molecular complexity index is 475. The van der Waals surface area contributed by atoms with Crippen LogP contribution in [-0.4, -0.2) is 38.5 Å². The molecule has 8 nitrogen and oxygen atoms in total. The molecule has 0 radical (unpaired) electrons. The molecule has 8 heteroatoms. The smallest absolute Gasteiger partial charge is 0.325 e. The summed E-state index contributed by atoms with van der Waals surface area (Å²) in [7, 11) is 0.